The van der Waals surface area contributed by atoms with Gasteiger partial charge in [0.25, 0.3) is 5.91 Å². The maximum Gasteiger partial charge on any atom is 0.252 e. The van der Waals surface area contributed by atoms with Gasteiger partial charge in [-0.2, -0.15) is 0 Å². The molecule has 0 spiro atoms. The topological polar surface area (TPSA) is 82.5 Å². The normalized spacial score (nSPS) is 10.2. The average Bonchev–Trinajstić information content (AvgIpc) is 2.42. The third-order valence-corrected chi connectivity index (χ3v) is 3.18. The van der Waals surface area contributed by atoms with Crippen LogP contribution < -0.4 is 5.32 Å². The Balaban J connectivity index is 2.43. The summed E-state index contributed by atoms with van der Waals surface area (Å²) in [4.78, 5) is 15.5. The highest BCUT2D eigenvalue weighted by Gasteiger charge is 2.11. The first-order valence-corrected chi connectivity index (χ1v) is 6.07. The number of phenolic OH excluding ortho intramolecular Hbond substituents is 2. The molecule has 2 rings (SSSR count). The Kier molecular flexibility index (Phi) is 3.71. The quantitative estimate of drug-likeness (QED) is 0.742. The predicted octanol–water partition coefficient (Wildman–Crippen LogP) is 2.44. The molecule has 0 aliphatic rings. The van der Waals surface area contributed by atoms with Crippen molar-refractivity contribution in [1.82, 2.24) is 10.3 Å². The molecule has 0 aliphatic carbocycles. The van der Waals surface area contributed by atoms with Crippen LogP contribution in [0, 0.1) is 7.05 Å². The van der Waals surface area contributed by atoms with Gasteiger partial charge in [-0.3, -0.25) is 9.78 Å². The molecule has 1 amide bonds. The summed E-state index contributed by atoms with van der Waals surface area (Å²) in [6.45, 7) is 0. The fourth-order valence-corrected chi connectivity index (χ4v) is 2.07. The summed E-state index contributed by atoms with van der Waals surface area (Å²) < 4.78 is 0.588. The Morgan fingerprint density at radius 2 is 1.95 bits per heavy atom. The van der Waals surface area contributed by atoms with E-state index in [0.717, 1.165) is 0 Å². The van der Waals surface area contributed by atoms with Crippen molar-refractivity contribution in [3.8, 4) is 22.8 Å². The van der Waals surface area contributed by atoms with Gasteiger partial charge >= 0.3 is 0 Å². The van der Waals surface area contributed by atoms with Crippen molar-refractivity contribution < 1.29 is 15.0 Å². The molecule has 1 aromatic heterocycles. The molecule has 0 saturated carbocycles. The first kappa shape index (κ1) is 13.4. The highest BCUT2D eigenvalue weighted by atomic mass is 79.9. The van der Waals surface area contributed by atoms with Crippen LogP contribution >= 0.6 is 15.9 Å². The number of nitrogens with zero attached hydrogens (tertiary/aromatic N) is 1. The minimum absolute atomic E-state index is 0.219. The lowest BCUT2D eigenvalue weighted by molar-refractivity contribution is 0.0968. The zero-order valence-corrected chi connectivity index (χ0v) is 11.3. The van der Waals surface area contributed by atoms with Crippen molar-refractivity contribution in [2.75, 3.05) is 0 Å². The number of phenols is 2. The van der Waals surface area contributed by atoms with E-state index in [9.17, 15) is 15.0 Å². The van der Waals surface area contributed by atoms with Gasteiger partial charge < -0.3 is 15.5 Å². The summed E-state index contributed by atoms with van der Waals surface area (Å²) >= 11 is 3.28. The number of carbonyl (C=O) groups is 1. The van der Waals surface area contributed by atoms with Gasteiger partial charge in [-0.15, -0.1) is 0 Å². The van der Waals surface area contributed by atoms with Gasteiger partial charge in [0, 0.05) is 23.3 Å². The highest BCUT2D eigenvalue weighted by Crippen LogP contribution is 2.36. The monoisotopic (exact) mass is 321 g/mol. The molecular weight excluding hydrogens is 312 g/mol. The molecule has 0 saturated heterocycles. The number of hydrogen-bond acceptors (Lipinski definition) is 4. The average molecular weight is 322 g/mol. The van der Waals surface area contributed by atoms with Crippen LogP contribution in [-0.4, -0.2) is 21.1 Å². The highest BCUT2D eigenvalue weighted by molar-refractivity contribution is 9.10. The standard InChI is InChI=1S/C13H10BrN2O3/c1-15-13(19)7-2-3-10(16-6-7)8-4-11(17)12(18)5-9(8)14/h2-6,17-18H,1H2,(H,15,19). The zero-order chi connectivity index (χ0) is 14.0. The fourth-order valence-electron chi connectivity index (χ4n) is 1.54. The lowest BCUT2D eigenvalue weighted by Crippen LogP contribution is -2.15. The van der Waals surface area contributed by atoms with Crippen LogP contribution in [0.1, 0.15) is 10.4 Å². The summed E-state index contributed by atoms with van der Waals surface area (Å²) in [5, 5.41) is 21.1. The van der Waals surface area contributed by atoms with Crippen LogP contribution in [0.4, 0.5) is 0 Å². The minimum Gasteiger partial charge on any atom is -0.504 e. The van der Waals surface area contributed by atoms with E-state index in [2.05, 4.69) is 33.3 Å². The Bertz CT molecular complexity index is 627. The smallest absolute Gasteiger partial charge is 0.252 e. The third-order valence-electron chi connectivity index (χ3n) is 2.53. The summed E-state index contributed by atoms with van der Waals surface area (Å²) in [5.41, 5.74) is 1.55. The number of amides is 1. The number of aromatic hydroxyl groups is 2. The molecule has 3 N–H and O–H groups in total. The number of nitrogens with one attached hydrogen (secondary N) is 1. The van der Waals surface area contributed by atoms with E-state index < -0.39 is 0 Å². The SMILES string of the molecule is [CH2]NC(=O)c1ccc(-c2cc(O)c(O)cc2Br)nc1. The van der Waals surface area contributed by atoms with Crippen molar-refractivity contribution in [2.45, 2.75) is 0 Å². The van der Waals surface area contributed by atoms with Crippen molar-refractivity contribution >= 4 is 21.8 Å². The lowest BCUT2D eigenvalue weighted by atomic mass is 10.1. The molecule has 0 atom stereocenters. The number of rotatable bonds is 2. The number of pyridine rings is 1. The Hall–Kier alpha value is -2.08. The van der Waals surface area contributed by atoms with E-state index in [0.29, 0.717) is 21.3 Å². The third kappa shape index (κ3) is 2.68. The summed E-state index contributed by atoms with van der Waals surface area (Å²) in [5.74, 6) is -0.782. The van der Waals surface area contributed by atoms with E-state index >= 15 is 0 Å². The molecule has 2 aromatic rings. The second-order valence-electron chi connectivity index (χ2n) is 3.76. The molecule has 97 valence electrons. The molecule has 6 heteroatoms. The van der Waals surface area contributed by atoms with Crippen molar-refractivity contribution in [3.05, 3.63) is 47.5 Å². The molecule has 0 bridgehead atoms. The van der Waals surface area contributed by atoms with Crippen LogP contribution in [0.2, 0.25) is 0 Å². The predicted molar refractivity (Wildman–Crippen MR) is 73.5 cm³/mol. The van der Waals surface area contributed by atoms with Gasteiger partial charge in [0.1, 0.15) is 0 Å². The van der Waals surface area contributed by atoms with Gasteiger partial charge in [0.2, 0.25) is 0 Å². The molecule has 5 nitrogen and oxygen atoms in total. The second kappa shape index (κ2) is 5.27. The second-order valence-corrected chi connectivity index (χ2v) is 4.61. The van der Waals surface area contributed by atoms with Crippen LogP contribution in [0.5, 0.6) is 11.5 Å². The van der Waals surface area contributed by atoms with E-state index in [1.165, 1.54) is 18.3 Å². The number of aromatic nitrogens is 1. The lowest BCUT2D eigenvalue weighted by Gasteiger charge is -2.07. The van der Waals surface area contributed by atoms with Crippen molar-refractivity contribution in [1.29, 1.82) is 0 Å². The van der Waals surface area contributed by atoms with Crippen molar-refractivity contribution in [3.63, 3.8) is 0 Å². The van der Waals surface area contributed by atoms with E-state index in [-0.39, 0.29) is 17.4 Å². The first-order valence-electron chi connectivity index (χ1n) is 5.28. The maximum atomic E-state index is 11.3. The van der Waals surface area contributed by atoms with E-state index in [1.54, 1.807) is 12.1 Å². The Morgan fingerprint density at radius 1 is 1.26 bits per heavy atom. The molecule has 0 fully saturated rings. The molecular formula is C13H10BrN2O3. The minimum atomic E-state index is -0.327. The molecule has 1 aromatic carbocycles. The molecule has 19 heavy (non-hydrogen) atoms. The van der Waals surface area contributed by atoms with Gasteiger partial charge in [0.05, 0.1) is 11.3 Å². The number of halogens is 1. The van der Waals surface area contributed by atoms with Crippen LogP contribution in [-0.2, 0) is 0 Å². The molecule has 1 radical (unpaired) electrons. The number of benzene rings is 1. The summed E-state index contributed by atoms with van der Waals surface area (Å²) in [6.07, 6.45) is 1.41. The van der Waals surface area contributed by atoms with Gasteiger partial charge in [-0.05, 0) is 40.2 Å². The summed E-state index contributed by atoms with van der Waals surface area (Å²) in [7, 11) is 3.28. The fraction of sp³-hybridized carbons (Fsp3) is 0. The van der Waals surface area contributed by atoms with Gasteiger partial charge in [-0.1, -0.05) is 0 Å². The zero-order valence-electron chi connectivity index (χ0n) is 9.72. The maximum absolute atomic E-state index is 11.3. The first-order chi connectivity index (χ1) is 9.02. The van der Waals surface area contributed by atoms with Crippen LogP contribution in [0.3, 0.4) is 0 Å². The Labute approximate surface area is 118 Å². The molecule has 0 unspecified atom stereocenters. The van der Waals surface area contributed by atoms with E-state index in [1.807, 2.05) is 0 Å². The van der Waals surface area contributed by atoms with Crippen LogP contribution in [0.25, 0.3) is 11.3 Å². The van der Waals surface area contributed by atoms with Gasteiger partial charge in [-0.25, -0.2) is 0 Å². The van der Waals surface area contributed by atoms with Gasteiger partial charge in [0.15, 0.2) is 11.5 Å². The van der Waals surface area contributed by atoms with E-state index in [4.69, 9.17) is 0 Å². The number of carbonyl (C=O) groups excluding carboxylic acids is 1. The number of hydrogen-bond donors (Lipinski definition) is 3. The largest absolute Gasteiger partial charge is 0.504 e. The van der Waals surface area contributed by atoms with Crippen molar-refractivity contribution in [2.24, 2.45) is 0 Å². The molecule has 0 aliphatic heterocycles. The molecule has 1 heterocycles. The summed E-state index contributed by atoms with van der Waals surface area (Å²) in [6, 6.07) is 6.01. The Morgan fingerprint density at radius 3 is 2.53 bits per heavy atom. The van der Waals surface area contributed by atoms with Crippen LogP contribution in [0.15, 0.2) is 34.9 Å².